The molecule has 2 saturated carbocycles. The Labute approximate surface area is 155 Å². The third-order valence-corrected chi connectivity index (χ3v) is 7.14. The summed E-state index contributed by atoms with van der Waals surface area (Å²) >= 11 is 0. The predicted molar refractivity (Wildman–Crippen MR) is 112 cm³/mol. The van der Waals surface area contributed by atoms with Gasteiger partial charge in [-0.3, -0.25) is 0 Å². The first-order chi connectivity index (χ1) is 12.3. The van der Waals surface area contributed by atoms with Crippen LogP contribution in [0.2, 0.25) is 0 Å². The molecule has 0 N–H and O–H groups in total. The molecule has 0 aliphatic heterocycles. The summed E-state index contributed by atoms with van der Waals surface area (Å²) in [6.07, 6.45) is 12.4. The van der Waals surface area contributed by atoms with Gasteiger partial charge >= 0.3 is 0 Å². The smallest absolute Gasteiger partial charge is 0.0162 e. The normalized spacial score (nSPS) is 25.0. The van der Waals surface area contributed by atoms with Gasteiger partial charge in [0.25, 0.3) is 0 Å². The lowest BCUT2D eigenvalue weighted by Gasteiger charge is -2.26. The van der Waals surface area contributed by atoms with Crippen LogP contribution in [-0.2, 0) is 0 Å². The zero-order valence-corrected chi connectivity index (χ0v) is 16.4. The first kappa shape index (κ1) is 17.3. The highest BCUT2D eigenvalue weighted by molar-refractivity contribution is 7.17. The lowest BCUT2D eigenvalue weighted by molar-refractivity contribution is 0.443. The van der Waals surface area contributed by atoms with Gasteiger partial charge in [-0.1, -0.05) is 67.8 Å². The van der Waals surface area contributed by atoms with Crippen LogP contribution in [0.3, 0.4) is 0 Å². The molecule has 0 spiro atoms. The van der Waals surface area contributed by atoms with Crippen molar-refractivity contribution in [2.75, 3.05) is 0 Å². The molecular formula is C24H31P. The van der Waals surface area contributed by atoms with Crippen molar-refractivity contribution in [3.8, 4) is 11.1 Å². The van der Waals surface area contributed by atoms with Crippen LogP contribution >= 0.6 is 9.24 Å². The number of rotatable bonds is 3. The van der Waals surface area contributed by atoms with E-state index in [1.165, 1.54) is 68.9 Å². The second-order valence-electron chi connectivity index (χ2n) is 8.19. The van der Waals surface area contributed by atoms with E-state index in [4.69, 9.17) is 0 Å². The van der Waals surface area contributed by atoms with Crippen molar-refractivity contribution >= 4 is 9.24 Å². The first-order valence-corrected chi connectivity index (χ1v) is 10.9. The number of benzene rings is 2. The highest BCUT2D eigenvalue weighted by Gasteiger charge is 2.19. The molecule has 1 unspecified atom stereocenters. The summed E-state index contributed by atoms with van der Waals surface area (Å²) < 4.78 is 0. The van der Waals surface area contributed by atoms with Crippen LogP contribution in [0.15, 0.2) is 48.5 Å². The van der Waals surface area contributed by atoms with Crippen molar-refractivity contribution in [1.29, 1.82) is 0 Å². The summed E-state index contributed by atoms with van der Waals surface area (Å²) in [7, 11) is 3.01. The van der Waals surface area contributed by atoms with E-state index in [2.05, 4.69) is 57.8 Å². The lowest BCUT2D eigenvalue weighted by Crippen LogP contribution is -2.12. The molecular weight excluding hydrogens is 319 g/mol. The van der Waals surface area contributed by atoms with Gasteiger partial charge < -0.3 is 0 Å². The average Bonchev–Trinajstić information content (AvgIpc) is 2.70. The molecule has 0 radical (unpaired) electrons. The molecule has 0 aromatic heterocycles. The van der Waals surface area contributed by atoms with Gasteiger partial charge in [-0.05, 0) is 78.3 Å². The molecule has 0 amide bonds. The van der Waals surface area contributed by atoms with E-state index >= 15 is 0 Å². The zero-order chi connectivity index (χ0) is 17.1. The van der Waals surface area contributed by atoms with Crippen molar-refractivity contribution in [2.24, 2.45) is 0 Å². The summed E-state index contributed by atoms with van der Waals surface area (Å²) in [5.74, 6) is 1.58. The maximum atomic E-state index is 3.01. The molecule has 0 nitrogen and oxygen atoms in total. The zero-order valence-electron chi connectivity index (χ0n) is 15.3. The van der Waals surface area contributed by atoms with Crippen molar-refractivity contribution in [2.45, 2.75) is 75.3 Å². The molecule has 0 bridgehead atoms. The van der Waals surface area contributed by atoms with Crippen molar-refractivity contribution < 1.29 is 0 Å². The average molecular weight is 350 g/mol. The Morgan fingerprint density at radius 1 is 0.520 bits per heavy atom. The Hall–Kier alpha value is -1.13. The summed E-state index contributed by atoms with van der Waals surface area (Å²) in [4.78, 5) is 0. The molecule has 2 aromatic carbocycles. The Bertz CT molecular complexity index is 656. The molecule has 1 atom stereocenters. The van der Waals surface area contributed by atoms with Crippen molar-refractivity contribution in [1.82, 2.24) is 0 Å². The van der Waals surface area contributed by atoms with Crippen LogP contribution in [0.4, 0.5) is 0 Å². The maximum absolute atomic E-state index is 3.01. The molecule has 2 fully saturated rings. The minimum absolute atomic E-state index is 0.777. The highest BCUT2D eigenvalue weighted by Crippen LogP contribution is 2.37. The summed E-state index contributed by atoms with van der Waals surface area (Å²) in [5, 5.41) is 0. The molecule has 4 rings (SSSR count). The molecule has 132 valence electrons. The summed E-state index contributed by atoms with van der Waals surface area (Å²) in [6, 6.07) is 18.8. The van der Waals surface area contributed by atoms with E-state index in [-0.39, 0.29) is 0 Å². The molecule has 1 heteroatoms. The largest absolute Gasteiger partial charge is 0.134 e. The van der Waals surface area contributed by atoms with Gasteiger partial charge in [0.2, 0.25) is 0 Å². The Kier molecular flexibility index (Phi) is 5.57. The second-order valence-corrected chi connectivity index (χ2v) is 9.13. The van der Waals surface area contributed by atoms with Crippen LogP contribution in [0, 0.1) is 0 Å². The highest BCUT2D eigenvalue weighted by atomic mass is 31.0. The Morgan fingerprint density at radius 3 is 1.44 bits per heavy atom. The van der Waals surface area contributed by atoms with E-state index in [0.29, 0.717) is 0 Å². The molecule has 0 saturated heterocycles. The monoisotopic (exact) mass is 350 g/mol. The van der Waals surface area contributed by atoms with E-state index in [1.807, 2.05) is 0 Å². The fourth-order valence-electron chi connectivity index (χ4n) is 4.78. The van der Waals surface area contributed by atoms with Crippen molar-refractivity contribution in [3.63, 3.8) is 0 Å². The molecule has 25 heavy (non-hydrogen) atoms. The van der Waals surface area contributed by atoms with E-state index in [1.54, 1.807) is 11.1 Å². The minimum Gasteiger partial charge on any atom is -0.134 e. The minimum atomic E-state index is 0.777. The maximum Gasteiger partial charge on any atom is -0.0162 e. The molecule has 2 aromatic rings. The Morgan fingerprint density at radius 2 is 0.960 bits per heavy atom. The van der Waals surface area contributed by atoms with Crippen LogP contribution in [0.5, 0.6) is 0 Å². The molecule has 2 aliphatic rings. The van der Waals surface area contributed by atoms with Crippen molar-refractivity contribution in [3.05, 3.63) is 59.7 Å². The quantitative estimate of drug-likeness (QED) is 0.509. The first-order valence-electron chi connectivity index (χ1n) is 10.3. The fraction of sp³-hybridized carbons (Fsp3) is 0.500. The van der Waals surface area contributed by atoms with Gasteiger partial charge in [0.15, 0.2) is 0 Å². The van der Waals surface area contributed by atoms with Crippen LogP contribution in [-0.4, -0.2) is 5.66 Å². The van der Waals surface area contributed by atoms with Gasteiger partial charge in [-0.25, -0.2) is 0 Å². The van der Waals surface area contributed by atoms with Gasteiger partial charge in [-0.2, -0.15) is 0 Å². The van der Waals surface area contributed by atoms with Gasteiger partial charge in [0.05, 0.1) is 0 Å². The number of hydrogen-bond acceptors (Lipinski definition) is 0. The van der Waals surface area contributed by atoms with E-state index < -0.39 is 0 Å². The van der Waals surface area contributed by atoms with E-state index in [9.17, 15) is 0 Å². The SMILES string of the molecule is PC1CCC(c2ccc(-c3ccc(C4CCCCC4)cc3)cc2)CC1. The van der Waals surface area contributed by atoms with Crippen LogP contribution in [0.25, 0.3) is 11.1 Å². The summed E-state index contributed by atoms with van der Waals surface area (Å²) in [6.45, 7) is 0. The fourth-order valence-corrected chi connectivity index (χ4v) is 5.17. The van der Waals surface area contributed by atoms with E-state index in [0.717, 1.165) is 17.5 Å². The van der Waals surface area contributed by atoms with Crippen LogP contribution in [0.1, 0.15) is 80.8 Å². The summed E-state index contributed by atoms with van der Waals surface area (Å²) in [5.41, 5.74) is 6.66. The standard InChI is InChI=1S/C24H31P/c25-24-16-14-23(15-17-24)22-12-10-21(11-13-22)20-8-6-19(7-9-20)18-4-2-1-3-5-18/h6-13,18,23-24H,1-5,14-17,25H2. The Balaban J connectivity index is 1.44. The molecule has 0 heterocycles. The topological polar surface area (TPSA) is 0 Å². The van der Waals surface area contributed by atoms with Gasteiger partial charge in [-0.15, -0.1) is 9.24 Å². The number of hydrogen-bond donors (Lipinski definition) is 0. The third-order valence-electron chi connectivity index (χ3n) is 6.47. The van der Waals surface area contributed by atoms with Crippen LogP contribution < -0.4 is 0 Å². The van der Waals surface area contributed by atoms with Gasteiger partial charge in [0.1, 0.15) is 0 Å². The lowest BCUT2D eigenvalue weighted by atomic mass is 9.83. The third kappa shape index (κ3) is 4.17. The second kappa shape index (κ2) is 8.05. The predicted octanol–water partition coefficient (Wildman–Crippen LogP) is 7.30. The molecule has 2 aliphatic carbocycles. The van der Waals surface area contributed by atoms with Gasteiger partial charge in [0, 0.05) is 0 Å².